The largest absolute Gasteiger partial charge is 0.387 e. The second-order valence-electron chi connectivity index (χ2n) is 3.26. The molecule has 68 valence electrons. The first kappa shape index (κ1) is 9.03. The lowest BCUT2D eigenvalue weighted by Gasteiger charge is -2.31. The van der Waals surface area contributed by atoms with Gasteiger partial charge in [0.2, 0.25) is 5.91 Å². The van der Waals surface area contributed by atoms with E-state index in [4.69, 9.17) is 11.1 Å². The number of hydrogen-bond donors (Lipinski definition) is 2. The van der Waals surface area contributed by atoms with Crippen LogP contribution < -0.4 is 5.73 Å². The lowest BCUT2D eigenvalue weighted by molar-refractivity contribution is -0.130. The number of hydrogen-bond acceptors (Lipinski definition) is 2. The van der Waals surface area contributed by atoms with Crippen LogP contribution in [0.5, 0.6) is 0 Å². The van der Waals surface area contributed by atoms with Crippen LogP contribution in [0.2, 0.25) is 0 Å². The fourth-order valence-corrected chi connectivity index (χ4v) is 1.52. The summed E-state index contributed by atoms with van der Waals surface area (Å²) in [6.07, 6.45) is 1.91. The molecule has 1 fully saturated rings. The van der Waals surface area contributed by atoms with Crippen molar-refractivity contribution in [2.24, 2.45) is 11.7 Å². The molecule has 0 spiro atoms. The molecule has 3 N–H and O–H groups in total. The lowest BCUT2D eigenvalue weighted by Crippen LogP contribution is -2.42. The average Bonchev–Trinajstić information content (AvgIpc) is 2.04. The van der Waals surface area contributed by atoms with Gasteiger partial charge in [-0.1, -0.05) is 0 Å². The molecule has 1 heterocycles. The van der Waals surface area contributed by atoms with Crippen molar-refractivity contribution in [3.63, 3.8) is 0 Å². The van der Waals surface area contributed by atoms with Crippen molar-refractivity contribution in [2.45, 2.75) is 19.8 Å². The predicted molar refractivity (Wildman–Crippen MR) is 46.9 cm³/mol. The highest BCUT2D eigenvalue weighted by Gasteiger charge is 2.22. The molecule has 1 aliphatic rings. The minimum absolute atomic E-state index is 0.0842. The van der Waals surface area contributed by atoms with Gasteiger partial charge in [-0.15, -0.1) is 0 Å². The number of carbonyl (C=O) groups excluding carboxylic acids is 1. The maximum absolute atomic E-state index is 11.0. The number of nitrogens with zero attached hydrogens (tertiary/aromatic N) is 1. The van der Waals surface area contributed by atoms with Gasteiger partial charge in [0.25, 0.3) is 0 Å². The zero-order valence-electron chi connectivity index (χ0n) is 7.34. The third-order valence-electron chi connectivity index (χ3n) is 2.31. The molecule has 1 atom stereocenters. The van der Waals surface area contributed by atoms with E-state index in [-0.39, 0.29) is 17.7 Å². The standard InChI is InChI=1S/C8H15N3O/c1-6(12)11-4-2-3-7(5-11)8(9)10/h7H,2-5H2,1H3,(H3,9,10)/t7-/m0/s1. The van der Waals surface area contributed by atoms with Crippen LogP contribution in [0.15, 0.2) is 0 Å². The summed E-state index contributed by atoms with van der Waals surface area (Å²) in [4.78, 5) is 12.7. The monoisotopic (exact) mass is 169 g/mol. The van der Waals surface area contributed by atoms with Crippen molar-refractivity contribution in [1.29, 1.82) is 5.41 Å². The smallest absolute Gasteiger partial charge is 0.219 e. The minimum atomic E-state index is 0.0842. The third-order valence-corrected chi connectivity index (χ3v) is 2.31. The van der Waals surface area contributed by atoms with E-state index >= 15 is 0 Å². The molecular weight excluding hydrogens is 154 g/mol. The molecular formula is C8H15N3O. The molecule has 0 unspecified atom stereocenters. The molecule has 1 aliphatic heterocycles. The van der Waals surface area contributed by atoms with Gasteiger partial charge in [-0.05, 0) is 12.8 Å². The van der Waals surface area contributed by atoms with Crippen molar-refractivity contribution in [3.05, 3.63) is 0 Å². The number of carbonyl (C=O) groups is 1. The van der Waals surface area contributed by atoms with Crippen molar-refractivity contribution >= 4 is 11.7 Å². The molecule has 4 heteroatoms. The summed E-state index contributed by atoms with van der Waals surface area (Å²) in [6.45, 7) is 3.01. The van der Waals surface area contributed by atoms with Gasteiger partial charge in [0.1, 0.15) is 0 Å². The Morgan fingerprint density at radius 3 is 2.83 bits per heavy atom. The average molecular weight is 169 g/mol. The summed E-state index contributed by atoms with van der Waals surface area (Å²) in [5.41, 5.74) is 5.37. The Labute approximate surface area is 72.2 Å². The number of nitrogens with two attached hydrogens (primary N) is 1. The third kappa shape index (κ3) is 1.96. The van der Waals surface area contributed by atoms with Crippen molar-refractivity contribution in [2.75, 3.05) is 13.1 Å². The highest BCUT2D eigenvalue weighted by molar-refractivity contribution is 5.81. The van der Waals surface area contributed by atoms with Gasteiger partial charge in [0.05, 0.1) is 5.84 Å². The van der Waals surface area contributed by atoms with E-state index in [1.807, 2.05) is 0 Å². The topological polar surface area (TPSA) is 70.2 Å². The van der Waals surface area contributed by atoms with Crippen LogP contribution in [-0.2, 0) is 4.79 Å². The van der Waals surface area contributed by atoms with E-state index < -0.39 is 0 Å². The number of likely N-dealkylation sites (tertiary alicyclic amines) is 1. The van der Waals surface area contributed by atoms with Crippen LogP contribution >= 0.6 is 0 Å². The summed E-state index contributed by atoms with van der Waals surface area (Å²) in [5, 5.41) is 7.26. The number of rotatable bonds is 1. The summed E-state index contributed by atoms with van der Waals surface area (Å²) in [5.74, 6) is 0.379. The van der Waals surface area contributed by atoms with E-state index in [9.17, 15) is 4.79 Å². The molecule has 1 rings (SSSR count). The molecule has 0 aromatic carbocycles. The first-order valence-electron chi connectivity index (χ1n) is 4.20. The Morgan fingerprint density at radius 1 is 1.67 bits per heavy atom. The quantitative estimate of drug-likeness (QED) is 0.434. The normalized spacial score (nSPS) is 23.8. The Hall–Kier alpha value is -1.06. The van der Waals surface area contributed by atoms with E-state index in [2.05, 4.69) is 0 Å². The zero-order valence-corrected chi connectivity index (χ0v) is 7.34. The summed E-state index contributed by atoms with van der Waals surface area (Å²) in [6, 6.07) is 0. The molecule has 0 saturated carbocycles. The zero-order chi connectivity index (χ0) is 9.14. The van der Waals surface area contributed by atoms with Gasteiger partial charge < -0.3 is 10.6 Å². The number of amides is 1. The summed E-state index contributed by atoms with van der Waals surface area (Å²) < 4.78 is 0. The van der Waals surface area contributed by atoms with Crippen LogP contribution in [0.1, 0.15) is 19.8 Å². The molecule has 0 aromatic heterocycles. The summed E-state index contributed by atoms with van der Waals surface area (Å²) in [7, 11) is 0. The van der Waals surface area contributed by atoms with Crippen LogP contribution in [0, 0.1) is 11.3 Å². The predicted octanol–water partition coefficient (Wildman–Crippen LogP) is 0.181. The first-order valence-corrected chi connectivity index (χ1v) is 4.20. The molecule has 4 nitrogen and oxygen atoms in total. The Morgan fingerprint density at radius 2 is 2.33 bits per heavy atom. The van der Waals surface area contributed by atoms with E-state index in [0.29, 0.717) is 6.54 Å². The van der Waals surface area contributed by atoms with Gasteiger partial charge in [-0.3, -0.25) is 10.2 Å². The Bertz CT molecular complexity index is 182. The molecule has 0 radical (unpaired) electrons. The Balaban J connectivity index is 2.51. The number of nitrogens with one attached hydrogen (secondary N) is 1. The molecule has 1 saturated heterocycles. The van der Waals surface area contributed by atoms with Gasteiger partial charge in [0, 0.05) is 25.9 Å². The fraction of sp³-hybridized carbons (Fsp3) is 0.750. The second-order valence-corrected chi connectivity index (χ2v) is 3.26. The first-order chi connectivity index (χ1) is 5.61. The molecule has 0 aromatic rings. The highest BCUT2D eigenvalue weighted by atomic mass is 16.2. The van der Waals surface area contributed by atoms with Gasteiger partial charge in [-0.25, -0.2) is 0 Å². The molecule has 12 heavy (non-hydrogen) atoms. The molecule has 0 aliphatic carbocycles. The maximum Gasteiger partial charge on any atom is 0.219 e. The maximum atomic E-state index is 11.0. The van der Waals surface area contributed by atoms with E-state index in [1.165, 1.54) is 0 Å². The van der Waals surface area contributed by atoms with Crippen LogP contribution in [0.3, 0.4) is 0 Å². The van der Waals surface area contributed by atoms with Crippen molar-refractivity contribution in [3.8, 4) is 0 Å². The number of piperidine rings is 1. The fourth-order valence-electron chi connectivity index (χ4n) is 1.52. The second kappa shape index (κ2) is 3.56. The lowest BCUT2D eigenvalue weighted by atomic mass is 9.97. The summed E-state index contributed by atoms with van der Waals surface area (Å²) >= 11 is 0. The van der Waals surface area contributed by atoms with E-state index in [0.717, 1.165) is 19.4 Å². The van der Waals surface area contributed by atoms with Crippen molar-refractivity contribution < 1.29 is 4.79 Å². The molecule has 1 amide bonds. The van der Waals surface area contributed by atoms with Crippen LogP contribution in [-0.4, -0.2) is 29.7 Å². The van der Waals surface area contributed by atoms with Crippen LogP contribution in [0.4, 0.5) is 0 Å². The van der Waals surface area contributed by atoms with Crippen LogP contribution in [0.25, 0.3) is 0 Å². The Kier molecular flexibility index (Phi) is 2.68. The van der Waals surface area contributed by atoms with E-state index in [1.54, 1.807) is 11.8 Å². The van der Waals surface area contributed by atoms with Gasteiger partial charge in [-0.2, -0.15) is 0 Å². The highest BCUT2D eigenvalue weighted by Crippen LogP contribution is 2.15. The van der Waals surface area contributed by atoms with Crippen molar-refractivity contribution in [1.82, 2.24) is 4.90 Å². The number of amidine groups is 1. The van der Waals surface area contributed by atoms with Gasteiger partial charge >= 0.3 is 0 Å². The molecule has 0 bridgehead atoms. The SMILES string of the molecule is CC(=O)N1CCC[C@H](C(=N)N)C1. The van der Waals surface area contributed by atoms with Gasteiger partial charge in [0.15, 0.2) is 0 Å². The minimum Gasteiger partial charge on any atom is -0.387 e.